The van der Waals surface area contributed by atoms with E-state index in [4.69, 9.17) is 21.1 Å². The number of halogens is 1. The molecule has 1 aromatic carbocycles. The number of nitrogens with one attached hydrogen (secondary N) is 1. The predicted octanol–water partition coefficient (Wildman–Crippen LogP) is 3.01. The van der Waals surface area contributed by atoms with E-state index in [2.05, 4.69) is 10.3 Å². The fourth-order valence-electron chi connectivity index (χ4n) is 2.06. The van der Waals surface area contributed by atoms with Crippen LogP contribution in [-0.4, -0.2) is 35.7 Å². The van der Waals surface area contributed by atoms with Gasteiger partial charge in [-0.1, -0.05) is 25.4 Å². The topological polar surface area (TPSA) is 65.4 Å². The summed E-state index contributed by atoms with van der Waals surface area (Å²) in [7, 11) is 1.52. The molecule has 0 fully saturated rings. The number of hydrogen-bond acceptors (Lipinski definition) is 4. The van der Waals surface area contributed by atoms with Crippen LogP contribution < -0.4 is 14.8 Å². The summed E-state index contributed by atoms with van der Waals surface area (Å²) < 4.78 is 12.9. The van der Waals surface area contributed by atoms with Crippen molar-refractivity contribution in [2.75, 3.05) is 20.3 Å². The lowest BCUT2D eigenvalue weighted by Gasteiger charge is -2.15. The Balaban J connectivity index is 2.03. The van der Waals surface area contributed by atoms with Crippen LogP contribution in [0.1, 0.15) is 24.2 Å². The molecule has 2 aromatic rings. The molecular weight excluding hydrogens is 330 g/mol. The Morgan fingerprint density at radius 1 is 1.42 bits per heavy atom. The Bertz CT molecular complexity index is 672. The Kier molecular flexibility index (Phi) is 6.49. The van der Waals surface area contributed by atoms with Gasteiger partial charge in [-0.15, -0.1) is 0 Å². The first-order valence-corrected chi connectivity index (χ1v) is 8.13. The molecular formula is C17H22ClN3O3. The molecule has 24 heavy (non-hydrogen) atoms. The maximum absolute atomic E-state index is 12.3. The lowest BCUT2D eigenvalue weighted by atomic mass is 10.2. The lowest BCUT2D eigenvalue weighted by molar-refractivity contribution is 0.0952. The lowest BCUT2D eigenvalue weighted by Crippen LogP contribution is -2.27. The first kappa shape index (κ1) is 18.1. The Morgan fingerprint density at radius 3 is 2.83 bits per heavy atom. The zero-order valence-electron chi connectivity index (χ0n) is 14.1. The molecule has 0 bridgehead atoms. The number of nitrogens with zero attached hydrogens (tertiary/aromatic N) is 2. The van der Waals surface area contributed by atoms with Gasteiger partial charge in [0.2, 0.25) is 0 Å². The summed E-state index contributed by atoms with van der Waals surface area (Å²) in [5, 5.41) is 3.20. The molecule has 0 aliphatic heterocycles. The van der Waals surface area contributed by atoms with Crippen molar-refractivity contribution in [1.82, 2.24) is 14.9 Å². The number of carbonyl (C=O) groups is 1. The third-order valence-electron chi connectivity index (χ3n) is 3.27. The van der Waals surface area contributed by atoms with E-state index in [9.17, 15) is 4.79 Å². The van der Waals surface area contributed by atoms with Gasteiger partial charge in [-0.25, -0.2) is 4.98 Å². The molecule has 1 heterocycles. The minimum Gasteiger partial charge on any atom is -0.493 e. The fourth-order valence-corrected chi connectivity index (χ4v) is 2.33. The minimum absolute atomic E-state index is 0.217. The van der Waals surface area contributed by atoms with Crippen molar-refractivity contribution in [3.63, 3.8) is 0 Å². The second kappa shape index (κ2) is 8.59. The van der Waals surface area contributed by atoms with Gasteiger partial charge < -0.3 is 19.4 Å². The molecule has 0 aliphatic rings. The second-order valence-electron chi connectivity index (χ2n) is 5.75. The van der Waals surface area contributed by atoms with Crippen LogP contribution in [0.15, 0.2) is 30.9 Å². The quantitative estimate of drug-likeness (QED) is 0.794. The zero-order valence-corrected chi connectivity index (χ0v) is 14.8. The summed E-state index contributed by atoms with van der Waals surface area (Å²) in [6.45, 7) is 5.74. The third kappa shape index (κ3) is 4.89. The molecule has 0 saturated heterocycles. The van der Waals surface area contributed by atoms with Crippen molar-refractivity contribution in [1.29, 1.82) is 0 Å². The molecule has 7 heteroatoms. The van der Waals surface area contributed by atoms with Gasteiger partial charge in [-0.2, -0.15) is 0 Å². The highest BCUT2D eigenvalue weighted by molar-refractivity contribution is 6.32. The van der Waals surface area contributed by atoms with E-state index in [1.807, 2.05) is 24.6 Å². The normalized spacial score (nSPS) is 10.7. The molecule has 0 unspecified atom stereocenters. The van der Waals surface area contributed by atoms with Crippen LogP contribution >= 0.6 is 11.6 Å². The number of hydrogen-bond donors (Lipinski definition) is 1. The van der Waals surface area contributed by atoms with Crippen molar-refractivity contribution >= 4 is 17.5 Å². The highest BCUT2D eigenvalue weighted by atomic mass is 35.5. The van der Waals surface area contributed by atoms with E-state index >= 15 is 0 Å². The van der Waals surface area contributed by atoms with Gasteiger partial charge >= 0.3 is 0 Å². The number of methoxy groups -OCH3 is 1. The Hall–Kier alpha value is -2.21. The minimum atomic E-state index is -0.217. The first-order chi connectivity index (χ1) is 11.5. The van der Waals surface area contributed by atoms with E-state index in [1.54, 1.807) is 24.7 Å². The fraction of sp³-hybridized carbons (Fsp3) is 0.412. The summed E-state index contributed by atoms with van der Waals surface area (Å²) in [6, 6.07) is 3.22. The summed E-state index contributed by atoms with van der Waals surface area (Å²) in [4.78, 5) is 16.2. The molecule has 1 amide bonds. The summed E-state index contributed by atoms with van der Waals surface area (Å²) in [5.74, 6) is 1.05. The van der Waals surface area contributed by atoms with Crippen LogP contribution in [0, 0.1) is 5.92 Å². The molecule has 0 atom stereocenters. The molecule has 2 rings (SSSR count). The highest BCUT2D eigenvalue weighted by Crippen LogP contribution is 2.36. The number of carbonyl (C=O) groups excluding carboxylic acids is 1. The molecule has 0 aliphatic carbocycles. The van der Waals surface area contributed by atoms with Crippen molar-refractivity contribution < 1.29 is 14.3 Å². The van der Waals surface area contributed by atoms with Gasteiger partial charge in [0.25, 0.3) is 5.91 Å². The van der Waals surface area contributed by atoms with Gasteiger partial charge in [0.05, 0.1) is 25.1 Å². The highest BCUT2D eigenvalue weighted by Gasteiger charge is 2.16. The van der Waals surface area contributed by atoms with E-state index < -0.39 is 0 Å². The first-order valence-electron chi connectivity index (χ1n) is 7.75. The number of imidazole rings is 1. The summed E-state index contributed by atoms with van der Waals surface area (Å²) in [6.07, 6.45) is 5.24. The molecule has 0 saturated carbocycles. The predicted molar refractivity (Wildman–Crippen MR) is 92.9 cm³/mol. The van der Waals surface area contributed by atoms with Gasteiger partial charge in [0, 0.05) is 31.0 Å². The number of benzene rings is 1. The average molecular weight is 352 g/mol. The van der Waals surface area contributed by atoms with E-state index in [0.717, 1.165) is 0 Å². The molecule has 1 N–H and O–H groups in total. The van der Waals surface area contributed by atoms with Gasteiger partial charge in [-0.3, -0.25) is 4.79 Å². The van der Waals surface area contributed by atoms with E-state index in [-0.39, 0.29) is 5.91 Å². The van der Waals surface area contributed by atoms with Gasteiger partial charge in [0.1, 0.15) is 0 Å². The molecule has 0 spiro atoms. The maximum Gasteiger partial charge on any atom is 0.251 e. The Morgan fingerprint density at radius 2 is 2.21 bits per heavy atom. The number of ether oxygens (including phenoxy) is 2. The van der Waals surface area contributed by atoms with E-state index in [1.165, 1.54) is 7.11 Å². The van der Waals surface area contributed by atoms with Crippen LogP contribution in [-0.2, 0) is 6.54 Å². The molecule has 130 valence electrons. The van der Waals surface area contributed by atoms with Crippen LogP contribution in [0.4, 0.5) is 0 Å². The molecule has 0 radical (unpaired) electrons. The van der Waals surface area contributed by atoms with Crippen LogP contribution in [0.25, 0.3) is 0 Å². The third-order valence-corrected chi connectivity index (χ3v) is 3.55. The van der Waals surface area contributed by atoms with Crippen molar-refractivity contribution in [2.24, 2.45) is 5.92 Å². The monoisotopic (exact) mass is 351 g/mol. The number of amides is 1. The summed E-state index contributed by atoms with van der Waals surface area (Å²) >= 11 is 6.26. The summed E-state index contributed by atoms with van der Waals surface area (Å²) in [5.41, 5.74) is 0.430. The smallest absolute Gasteiger partial charge is 0.251 e. The van der Waals surface area contributed by atoms with Crippen molar-refractivity contribution in [3.8, 4) is 11.5 Å². The Labute approximate surface area is 146 Å². The standard InChI is InChI=1S/C17H22ClN3O3/c1-12(2)10-24-16-14(18)8-13(9-15(16)23-3)17(22)20-5-7-21-6-4-19-11-21/h4,6,8-9,11-12H,5,7,10H2,1-3H3,(H,20,22). The molecule has 1 aromatic heterocycles. The average Bonchev–Trinajstić information content (AvgIpc) is 3.06. The molecule has 6 nitrogen and oxygen atoms in total. The van der Waals surface area contributed by atoms with Crippen LogP contribution in [0.2, 0.25) is 5.02 Å². The van der Waals surface area contributed by atoms with Gasteiger partial charge in [0.15, 0.2) is 11.5 Å². The SMILES string of the molecule is COc1cc(C(=O)NCCn2ccnc2)cc(Cl)c1OCC(C)C. The zero-order chi connectivity index (χ0) is 17.5. The maximum atomic E-state index is 12.3. The second-order valence-corrected chi connectivity index (χ2v) is 6.16. The van der Waals surface area contributed by atoms with Crippen molar-refractivity contribution in [3.05, 3.63) is 41.4 Å². The van der Waals surface area contributed by atoms with Crippen LogP contribution in [0.3, 0.4) is 0 Å². The van der Waals surface area contributed by atoms with E-state index in [0.29, 0.717) is 47.7 Å². The number of rotatable bonds is 8. The largest absolute Gasteiger partial charge is 0.493 e. The van der Waals surface area contributed by atoms with Crippen molar-refractivity contribution in [2.45, 2.75) is 20.4 Å². The van der Waals surface area contributed by atoms with Crippen LogP contribution in [0.5, 0.6) is 11.5 Å². The van der Waals surface area contributed by atoms with Gasteiger partial charge in [-0.05, 0) is 18.1 Å². The number of aromatic nitrogens is 2.